The second kappa shape index (κ2) is 3.07. The van der Waals surface area contributed by atoms with E-state index in [-0.39, 0.29) is 5.41 Å². The van der Waals surface area contributed by atoms with E-state index >= 15 is 0 Å². The van der Waals surface area contributed by atoms with Crippen LogP contribution in [0.3, 0.4) is 0 Å². The van der Waals surface area contributed by atoms with Gasteiger partial charge in [0.25, 0.3) is 0 Å². The van der Waals surface area contributed by atoms with Crippen LogP contribution in [0.1, 0.15) is 20.3 Å². The van der Waals surface area contributed by atoms with Gasteiger partial charge in [0.15, 0.2) is 0 Å². The first-order valence-corrected chi connectivity index (χ1v) is 6.16. The molecule has 0 radical (unpaired) electrons. The van der Waals surface area contributed by atoms with Gasteiger partial charge in [-0.25, -0.2) is 0 Å². The van der Waals surface area contributed by atoms with Crippen molar-refractivity contribution in [2.75, 3.05) is 0 Å². The van der Waals surface area contributed by atoms with Gasteiger partial charge in [-0.3, -0.25) is 4.21 Å². The summed E-state index contributed by atoms with van der Waals surface area (Å²) in [6, 6.07) is 9.44. The Morgan fingerprint density at radius 3 is 2.21 bits per heavy atom. The molecule has 1 aliphatic rings. The number of halogens is 1. The van der Waals surface area contributed by atoms with E-state index in [0.29, 0.717) is 0 Å². The molecule has 0 N–H and O–H groups in total. The molecule has 0 aliphatic heterocycles. The fraction of sp³-hybridized carbons (Fsp3) is 0.455. The zero-order valence-corrected chi connectivity index (χ0v) is 9.86. The molecule has 0 saturated heterocycles. The van der Waals surface area contributed by atoms with Crippen LogP contribution in [0.4, 0.5) is 0 Å². The minimum Gasteiger partial charge on any atom is -0.252 e. The summed E-state index contributed by atoms with van der Waals surface area (Å²) >= 11 is 6.32. The lowest BCUT2D eigenvalue weighted by Gasteiger charge is -2.11. The predicted octanol–water partition coefficient (Wildman–Crippen LogP) is 3.16. The van der Waals surface area contributed by atoms with Crippen molar-refractivity contribution in [2.24, 2.45) is 5.41 Å². The van der Waals surface area contributed by atoms with E-state index in [1.165, 1.54) is 0 Å². The molecule has 1 aromatic rings. The van der Waals surface area contributed by atoms with Crippen LogP contribution in [0, 0.1) is 5.41 Å². The molecule has 3 heteroatoms. The van der Waals surface area contributed by atoms with Crippen LogP contribution in [-0.2, 0) is 10.8 Å². The van der Waals surface area contributed by atoms with E-state index < -0.39 is 15.0 Å². The molecule has 2 rings (SSSR count). The Bertz CT molecular complexity index is 374. The van der Waals surface area contributed by atoms with E-state index in [9.17, 15) is 4.21 Å². The van der Waals surface area contributed by atoms with Crippen molar-refractivity contribution < 1.29 is 4.21 Å². The van der Waals surface area contributed by atoms with Crippen LogP contribution >= 0.6 is 11.6 Å². The zero-order valence-electron chi connectivity index (χ0n) is 8.29. The second-order valence-corrected chi connectivity index (χ2v) is 6.95. The summed E-state index contributed by atoms with van der Waals surface area (Å²) in [7, 11) is -1.09. The molecule has 14 heavy (non-hydrogen) atoms. The Hall–Kier alpha value is -0.340. The summed E-state index contributed by atoms with van der Waals surface area (Å²) in [4.78, 5) is 0.827. The lowest BCUT2D eigenvalue weighted by atomic mass is 10.2. The quantitative estimate of drug-likeness (QED) is 0.711. The Morgan fingerprint density at radius 1 is 1.29 bits per heavy atom. The van der Waals surface area contributed by atoms with Gasteiger partial charge in [0.1, 0.15) is 4.21 Å². The predicted molar refractivity (Wildman–Crippen MR) is 59.8 cm³/mol. The Balaban J connectivity index is 2.28. The van der Waals surface area contributed by atoms with Gasteiger partial charge in [-0.1, -0.05) is 32.0 Å². The van der Waals surface area contributed by atoms with Gasteiger partial charge in [-0.2, -0.15) is 0 Å². The standard InChI is InChI=1S/C11H13ClOS/c1-10(2)8-11(10,12)14(13)9-6-4-3-5-7-9/h3-7H,8H2,1-2H3/t11-,14+/m0/s1. The average molecular weight is 229 g/mol. The van der Waals surface area contributed by atoms with Crippen molar-refractivity contribution in [1.29, 1.82) is 0 Å². The molecule has 1 aliphatic carbocycles. The molecule has 0 spiro atoms. The third kappa shape index (κ3) is 1.41. The third-order valence-corrected chi connectivity index (χ3v) is 5.86. The zero-order chi connectivity index (χ0) is 10.4. The summed E-state index contributed by atoms with van der Waals surface area (Å²) < 4.78 is 11.6. The molecule has 1 fully saturated rings. The van der Waals surface area contributed by atoms with Gasteiger partial charge in [-0.05, 0) is 24.0 Å². The van der Waals surface area contributed by atoms with E-state index in [1.807, 2.05) is 30.3 Å². The summed E-state index contributed by atoms with van der Waals surface area (Å²) in [5.74, 6) is 0. The lowest BCUT2D eigenvalue weighted by molar-refractivity contribution is 0.625. The van der Waals surface area contributed by atoms with Gasteiger partial charge < -0.3 is 0 Å². The Labute approximate surface area is 91.9 Å². The summed E-state index contributed by atoms with van der Waals surface area (Å²) in [6.45, 7) is 4.11. The SMILES string of the molecule is CC1(C)C[C@]1(Cl)[S@](=O)c1ccccc1. The Kier molecular flexibility index (Phi) is 2.24. The summed E-state index contributed by atoms with van der Waals surface area (Å²) in [5, 5.41) is 0. The van der Waals surface area contributed by atoms with E-state index in [0.717, 1.165) is 11.3 Å². The van der Waals surface area contributed by atoms with Gasteiger partial charge >= 0.3 is 0 Å². The third-order valence-electron chi connectivity index (χ3n) is 2.81. The topological polar surface area (TPSA) is 17.1 Å². The van der Waals surface area contributed by atoms with E-state index in [1.54, 1.807) is 0 Å². The molecule has 0 amide bonds. The highest BCUT2D eigenvalue weighted by atomic mass is 35.5. The average Bonchev–Trinajstić information content (AvgIpc) is 2.68. The minimum atomic E-state index is -1.09. The molecule has 0 bridgehead atoms. The fourth-order valence-corrected chi connectivity index (χ4v) is 3.94. The summed E-state index contributed by atoms with van der Waals surface area (Å²) in [5.41, 5.74) is -0.00470. The van der Waals surface area contributed by atoms with Crippen LogP contribution in [0.2, 0.25) is 0 Å². The molecule has 0 unspecified atom stereocenters. The largest absolute Gasteiger partial charge is 0.252 e. The van der Waals surface area contributed by atoms with E-state index in [4.69, 9.17) is 11.6 Å². The van der Waals surface area contributed by atoms with Gasteiger partial charge in [0.05, 0.1) is 10.8 Å². The molecule has 0 aromatic heterocycles. The van der Waals surface area contributed by atoms with Crippen molar-refractivity contribution in [2.45, 2.75) is 29.4 Å². The summed E-state index contributed by atoms with van der Waals surface area (Å²) in [6.07, 6.45) is 0.822. The van der Waals surface area contributed by atoms with Gasteiger partial charge in [0.2, 0.25) is 0 Å². The molecule has 1 aromatic carbocycles. The number of hydrogen-bond acceptors (Lipinski definition) is 1. The van der Waals surface area contributed by atoms with Crippen LogP contribution < -0.4 is 0 Å². The van der Waals surface area contributed by atoms with Crippen molar-refractivity contribution in [1.82, 2.24) is 0 Å². The van der Waals surface area contributed by atoms with Crippen molar-refractivity contribution >= 4 is 22.4 Å². The highest BCUT2D eigenvalue weighted by Crippen LogP contribution is 2.63. The maximum atomic E-state index is 12.1. The van der Waals surface area contributed by atoms with Crippen LogP contribution in [0.25, 0.3) is 0 Å². The lowest BCUT2D eigenvalue weighted by Crippen LogP contribution is -2.15. The number of rotatable bonds is 2. The molecule has 76 valence electrons. The molecule has 2 atom stereocenters. The van der Waals surface area contributed by atoms with Crippen molar-refractivity contribution in [3.63, 3.8) is 0 Å². The number of benzene rings is 1. The highest BCUT2D eigenvalue weighted by molar-refractivity contribution is 7.88. The van der Waals surface area contributed by atoms with Crippen LogP contribution in [0.15, 0.2) is 35.2 Å². The maximum Gasteiger partial charge on any atom is 0.130 e. The molecule has 1 saturated carbocycles. The van der Waals surface area contributed by atoms with Gasteiger partial charge in [-0.15, -0.1) is 11.6 Å². The minimum absolute atomic E-state index is 0.00470. The number of alkyl halides is 1. The molecule has 0 heterocycles. The first-order valence-electron chi connectivity index (χ1n) is 4.63. The van der Waals surface area contributed by atoms with Crippen molar-refractivity contribution in [3.05, 3.63) is 30.3 Å². The highest BCUT2D eigenvalue weighted by Gasteiger charge is 2.64. The number of hydrogen-bond donors (Lipinski definition) is 0. The molecular formula is C11H13ClOS. The monoisotopic (exact) mass is 228 g/mol. The van der Waals surface area contributed by atoms with E-state index in [2.05, 4.69) is 13.8 Å². The normalized spacial score (nSPS) is 31.1. The van der Waals surface area contributed by atoms with Gasteiger partial charge in [0, 0.05) is 4.90 Å². The fourth-order valence-electron chi connectivity index (χ4n) is 1.57. The Morgan fingerprint density at radius 2 is 1.79 bits per heavy atom. The first-order chi connectivity index (χ1) is 6.47. The van der Waals surface area contributed by atoms with Crippen LogP contribution in [-0.4, -0.2) is 8.42 Å². The first kappa shape index (κ1) is 10.2. The van der Waals surface area contributed by atoms with Crippen molar-refractivity contribution in [3.8, 4) is 0 Å². The second-order valence-electron chi connectivity index (χ2n) is 4.37. The molecule has 1 nitrogen and oxygen atoms in total. The smallest absolute Gasteiger partial charge is 0.130 e. The maximum absolute atomic E-state index is 12.1. The molecular weight excluding hydrogens is 216 g/mol. The van der Waals surface area contributed by atoms with Crippen LogP contribution in [0.5, 0.6) is 0 Å².